The lowest BCUT2D eigenvalue weighted by Gasteiger charge is -2.21. The Labute approximate surface area is 143 Å². The molecule has 0 aliphatic rings. The van der Waals surface area contributed by atoms with E-state index in [1.54, 1.807) is 6.26 Å². The third-order valence-corrected chi connectivity index (χ3v) is 6.51. The fourth-order valence-electron chi connectivity index (χ4n) is 2.91. The minimum atomic E-state index is -0.613. The Kier molecular flexibility index (Phi) is 4.27. The standard InChI is InChI=1S/C22H17OP/c1-3-9-19(10-4-1)24(20-11-5-2-6-12-20)22-14-8-7-13-21(22)18-15-16-23-17-18/h1-17H. The van der Waals surface area contributed by atoms with E-state index in [9.17, 15) is 0 Å². The molecular formula is C22H17OP. The molecule has 0 N–H and O–H groups in total. The normalized spacial score (nSPS) is 10.9. The molecule has 0 radical (unpaired) electrons. The second kappa shape index (κ2) is 6.86. The quantitative estimate of drug-likeness (QED) is 0.495. The first kappa shape index (κ1) is 14.9. The summed E-state index contributed by atoms with van der Waals surface area (Å²) in [5, 5.41) is 4.07. The summed E-state index contributed by atoms with van der Waals surface area (Å²) in [6.45, 7) is 0. The first-order valence-electron chi connectivity index (χ1n) is 7.95. The average Bonchev–Trinajstić information content (AvgIpc) is 3.19. The van der Waals surface area contributed by atoms with Gasteiger partial charge in [-0.3, -0.25) is 0 Å². The molecule has 0 amide bonds. The van der Waals surface area contributed by atoms with Gasteiger partial charge in [-0.25, -0.2) is 0 Å². The zero-order valence-corrected chi connectivity index (χ0v) is 14.1. The Morgan fingerprint density at radius 3 is 1.75 bits per heavy atom. The molecule has 0 aliphatic heterocycles. The minimum Gasteiger partial charge on any atom is -0.472 e. The van der Waals surface area contributed by atoms with Crippen molar-refractivity contribution < 1.29 is 4.42 Å². The molecule has 2 heteroatoms. The number of furan rings is 1. The lowest BCUT2D eigenvalue weighted by atomic mass is 10.1. The monoisotopic (exact) mass is 328 g/mol. The number of rotatable bonds is 4. The van der Waals surface area contributed by atoms with Crippen LogP contribution in [0.4, 0.5) is 0 Å². The van der Waals surface area contributed by atoms with Gasteiger partial charge in [0, 0.05) is 5.56 Å². The van der Waals surface area contributed by atoms with Crippen molar-refractivity contribution in [3.8, 4) is 11.1 Å². The maximum absolute atomic E-state index is 5.32. The summed E-state index contributed by atoms with van der Waals surface area (Å²) in [6.07, 6.45) is 3.56. The zero-order valence-electron chi connectivity index (χ0n) is 13.2. The molecule has 1 nitrogen and oxygen atoms in total. The molecule has 116 valence electrons. The van der Waals surface area contributed by atoms with Crippen LogP contribution in [-0.4, -0.2) is 0 Å². The van der Waals surface area contributed by atoms with Crippen molar-refractivity contribution in [2.24, 2.45) is 0 Å². The Morgan fingerprint density at radius 2 is 1.17 bits per heavy atom. The summed E-state index contributed by atoms with van der Waals surface area (Å²) in [5.74, 6) is 0. The fraction of sp³-hybridized carbons (Fsp3) is 0. The predicted octanol–water partition coefficient (Wildman–Crippen LogP) is 4.70. The van der Waals surface area contributed by atoms with Crippen LogP contribution in [0, 0.1) is 0 Å². The van der Waals surface area contributed by atoms with E-state index in [0.29, 0.717) is 0 Å². The molecular weight excluding hydrogens is 311 g/mol. The van der Waals surface area contributed by atoms with Crippen molar-refractivity contribution in [3.63, 3.8) is 0 Å². The van der Waals surface area contributed by atoms with Gasteiger partial charge in [0.15, 0.2) is 0 Å². The first-order chi connectivity index (χ1) is 11.9. The van der Waals surface area contributed by atoms with Crippen molar-refractivity contribution in [2.75, 3.05) is 0 Å². The zero-order chi connectivity index (χ0) is 16.2. The highest BCUT2D eigenvalue weighted by Gasteiger charge is 2.19. The maximum atomic E-state index is 5.32. The molecule has 0 saturated carbocycles. The highest BCUT2D eigenvalue weighted by molar-refractivity contribution is 7.80. The molecule has 4 rings (SSSR count). The molecule has 1 aromatic heterocycles. The van der Waals surface area contributed by atoms with Gasteiger partial charge in [0.2, 0.25) is 0 Å². The third kappa shape index (κ3) is 2.91. The van der Waals surface area contributed by atoms with Crippen LogP contribution in [0.1, 0.15) is 0 Å². The predicted molar refractivity (Wildman–Crippen MR) is 103 cm³/mol. The van der Waals surface area contributed by atoms with Gasteiger partial charge in [0.05, 0.1) is 12.5 Å². The minimum absolute atomic E-state index is 0.613. The highest BCUT2D eigenvalue weighted by atomic mass is 31.1. The van der Waals surface area contributed by atoms with Crippen LogP contribution >= 0.6 is 7.92 Å². The Morgan fingerprint density at radius 1 is 0.583 bits per heavy atom. The van der Waals surface area contributed by atoms with Gasteiger partial charge in [0.25, 0.3) is 0 Å². The van der Waals surface area contributed by atoms with E-state index in [4.69, 9.17) is 4.42 Å². The van der Waals surface area contributed by atoms with Crippen LogP contribution in [0.15, 0.2) is 108 Å². The van der Waals surface area contributed by atoms with Crippen molar-refractivity contribution in [2.45, 2.75) is 0 Å². The van der Waals surface area contributed by atoms with E-state index in [0.717, 1.165) is 5.56 Å². The molecule has 3 aromatic carbocycles. The Hall–Kier alpha value is -2.63. The Balaban J connectivity index is 1.93. The van der Waals surface area contributed by atoms with Gasteiger partial charge >= 0.3 is 0 Å². The van der Waals surface area contributed by atoms with Crippen LogP contribution < -0.4 is 15.9 Å². The van der Waals surface area contributed by atoms with Gasteiger partial charge < -0.3 is 4.42 Å². The molecule has 0 unspecified atom stereocenters. The van der Waals surface area contributed by atoms with Gasteiger partial charge in [-0.05, 0) is 35.5 Å². The molecule has 0 atom stereocenters. The second-order valence-corrected chi connectivity index (χ2v) is 7.72. The third-order valence-electron chi connectivity index (χ3n) is 4.01. The maximum Gasteiger partial charge on any atom is 0.0981 e. The van der Waals surface area contributed by atoms with E-state index in [-0.39, 0.29) is 0 Å². The van der Waals surface area contributed by atoms with Crippen molar-refractivity contribution >= 4 is 23.8 Å². The smallest absolute Gasteiger partial charge is 0.0981 e. The van der Waals surface area contributed by atoms with Crippen LogP contribution in [0.5, 0.6) is 0 Å². The highest BCUT2D eigenvalue weighted by Crippen LogP contribution is 2.36. The van der Waals surface area contributed by atoms with Gasteiger partial charge in [-0.1, -0.05) is 84.9 Å². The SMILES string of the molecule is c1ccc(P(c2ccccc2)c2ccccc2-c2ccoc2)cc1. The van der Waals surface area contributed by atoms with Crippen LogP contribution in [0.25, 0.3) is 11.1 Å². The largest absolute Gasteiger partial charge is 0.472 e. The summed E-state index contributed by atoms with van der Waals surface area (Å²) in [6, 6.07) is 32.2. The summed E-state index contributed by atoms with van der Waals surface area (Å²) in [5.41, 5.74) is 2.37. The molecule has 0 fully saturated rings. The fourth-order valence-corrected chi connectivity index (χ4v) is 5.39. The van der Waals surface area contributed by atoms with E-state index < -0.39 is 7.92 Å². The summed E-state index contributed by atoms with van der Waals surface area (Å²) in [4.78, 5) is 0. The summed E-state index contributed by atoms with van der Waals surface area (Å²) in [7, 11) is -0.613. The van der Waals surface area contributed by atoms with Gasteiger partial charge in [-0.15, -0.1) is 0 Å². The lowest BCUT2D eigenvalue weighted by molar-refractivity contribution is 0.568. The van der Waals surface area contributed by atoms with Gasteiger partial charge in [-0.2, -0.15) is 0 Å². The van der Waals surface area contributed by atoms with E-state index in [2.05, 4.69) is 84.9 Å². The van der Waals surface area contributed by atoms with Gasteiger partial charge in [0.1, 0.15) is 0 Å². The van der Waals surface area contributed by atoms with Crippen LogP contribution in [-0.2, 0) is 0 Å². The number of hydrogen-bond donors (Lipinski definition) is 0. The summed E-state index contributed by atoms with van der Waals surface area (Å²) < 4.78 is 5.32. The number of benzene rings is 3. The van der Waals surface area contributed by atoms with Crippen molar-refractivity contribution in [3.05, 3.63) is 104 Å². The van der Waals surface area contributed by atoms with E-state index >= 15 is 0 Å². The van der Waals surface area contributed by atoms with Crippen molar-refractivity contribution in [1.82, 2.24) is 0 Å². The molecule has 0 spiro atoms. The van der Waals surface area contributed by atoms with Crippen LogP contribution in [0.2, 0.25) is 0 Å². The lowest BCUT2D eigenvalue weighted by Crippen LogP contribution is -2.21. The molecule has 0 bridgehead atoms. The molecule has 24 heavy (non-hydrogen) atoms. The second-order valence-electron chi connectivity index (χ2n) is 5.54. The average molecular weight is 328 g/mol. The first-order valence-corrected chi connectivity index (χ1v) is 9.29. The molecule has 4 aromatic rings. The molecule has 0 aliphatic carbocycles. The Bertz CT molecular complexity index is 860. The van der Waals surface area contributed by atoms with E-state index in [1.807, 2.05) is 12.3 Å². The summed E-state index contributed by atoms with van der Waals surface area (Å²) >= 11 is 0. The topological polar surface area (TPSA) is 13.1 Å². The number of hydrogen-bond acceptors (Lipinski definition) is 1. The van der Waals surface area contributed by atoms with Crippen molar-refractivity contribution in [1.29, 1.82) is 0 Å². The van der Waals surface area contributed by atoms with E-state index in [1.165, 1.54) is 21.5 Å². The molecule has 0 saturated heterocycles. The van der Waals surface area contributed by atoms with Crippen LogP contribution in [0.3, 0.4) is 0 Å². The molecule has 1 heterocycles.